The molecule has 3 rings (SSSR count). The number of hydrogen-bond acceptors (Lipinski definition) is 3. The molecule has 0 bridgehead atoms. The van der Waals surface area contributed by atoms with Gasteiger partial charge >= 0.3 is 0 Å². The van der Waals surface area contributed by atoms with E-state index in [0.29, 0.717) is 11.3 Å². The Kier molecular flexibility index (Phi) is 2.69. The largest absolute Gasteiger partial charge is 0.399 e. The van der Waals surface area contributed by atoms with Crippen molar-refractivity contribution in [3.63, 3.8) is 0 Å². The summed E-state index contributed by atoms with van der Waals surface area (Å²) in [7, 11) is 0. The van der Waals surface area contributed by atoms with E-state index in [0.717, 1.165) is 28.1 Å². The van der Waals surface area contributed by atoms with E-state index in [4.69, 9.17) is 11.0 Å². The minimum Gasteiger partial charge on any atom is -0.399 e. The van der Waals surface area contributed by atoms with E-state index in [2.05, 4.69) is 15.6 Å². The molecule has 98 valence electrons. The van der Waals surface area contributed by atoms with Crippen LogP contribution in [-0.2, 0) is 0 Å². The molecule has 0 aliphatic rings. The van der Waals surface area contributed by atoms with Gasteiger partial charge in [0.1, 0.15) is 5.82 Å². The van der Waals surface area contributed by atoms with Crippen LogP contribution in [0.25, 0.3) is 16.7 Å². The van der Waals surface area contributed by atoms with Crippen molar-refractivity contribution in [3.8, 4) is 11.8 Å². The summed E-state index contributed by atoms with van der Waals surface area (Å²) in [6.45, 7) is 3.98. The standard InChI is InChI=1S/C16H14N4/c1-10-3-4-12(9-17)7-16(10)20-11(2)19-14-8-13(18)5-6-15(14)20/h3-8H,18H2,1-2H3. The van der Waals surface area contributed by atoms with Gasteiger partial charge in [-0.1, -0.05) is 6.07 Å². The summed E-state index contributed by atoms with van der Waals surface area (Å²) >= 11 is 0. The first-order valence-corrected chi connectivity index (χ1v) is 6.36. The maximum absolute atomic E-state index is 9.08. The number of nitriles is 1. The number of nitrogens with zero attached hydrogens (tertiary/aromatic N) is 3. The van der Waals surface area contributed by atoms with Crippen LogP contribution in [-0.4, -0.2) is 9.55 Å². The molecule has 1 heterocycles. The molecular weight excluding hydrogens is 248 g/mol. The van der Waals surface area contributed by atoms with E-state index >= 15 is 0 Å². The maximum atomic E-state index is 9.08. The second-order valence-electron chi connectivity index (χ2n) is 4.86. The van der Waals surface area contributed by atoms with Gasteiger partial charge in [0, 0.05) is 5.69 Å². The van der Waals surface area contributed by atoms with Crippen molar-refractivity contribution in [2.45, 2.75) is 13.8 Å². The molecular formula is C16H14N4. The van der Waals surface area contributed by atoms with Crippen LogP contribution in [0.1, 0.15) is 17.0 Å². The molecule has 1 aromatic heterocycles. The SMILES string of the molecule is Cc1ccc(C#N)cc1-n1c(C)nc2cc(N)ccc21. The number of aryl methyl sites for hydroxylation is 2. The molecule has 0 aliphatic heterocycles. The summed E-state index contributed by atoms with van der Waals surface area (Å²) in [5, 5.41) is 9.08. The highest BCUT2D eigenvalue weighted by atomic mass is 15.1. The Labute approximate surface area is 117 Å². The number of benzene rings is 2. The Hall–Kier alpha value is -2.80. The number of aromatic nitrogens is 2. The average molecular weight is 262 g/mol. The molecule has 2 aromatic carbocycles. The second kappa shape index (κ2) is 4.39. The molecule has 0 unspecified atom stereocenters. The Morgan fingerprint density at radius 1 is 1.15 bits per heavy atom. The summed E-state index contributed by atoms with van der Waals surface area (Å²) in [5.41, 5.74) is 11.1. The number of rotatable bonds is 1. The number of nitrogens with two attached hydrogens (primary N) is 1. The quantitative estimate of drug-likeness (QED) is 0.685. The number of anilines is 1. The van der Waals surface area contributed by atoms with Gasteiger partial charge < -0.3 is 5.73 Å². The lowest BCUT2D eigenvalue weighted by atomic mass is 10.1. The third-order valence-corrected chi connectivity index (χ3v) is 3.43. The molecule has 20 heavy (non-hydrogen) atoms. The minimum atomic E-state index is 0.641. The smallest absolute Gasteiger partial charge is 0.111 e. The van der Waals surface area contributed by atoms with Gasteiger partial charge in [-0.15, -0.1) is 0 Å². The van der Waals surface area contributed by atoms with E-state index in [-0.39, 0.29) is 0 Å². The number of hydrogen-bond donors (Lipinski definition) is 1. The van der Waals surface area contributed by atoms with Gasteiger partial charge in [-0.05, 0) is 49.7 Å². The van der Waals surface area contributed by atoms with Gasteiger partial charge in [0.05, 0.1) is 28.4 Å². The molecule has 4 nitrogen and oxygen atoms in total. The third kappa shape index (κ3) is 1.81. The van der Waals surface area contributed by atoms with E-state index in [1.54, 1.807) is 0 Å². The molecule has 0 atom stereocenters. The highest BCUT2D eigenvalue weighted by Gasteiger charge is 2.11. The zero-order valence-corrected chi connectivity index (χ0v) is 11.4. The maximum Gasteiger partial charge on any atom is 0.111 e. The van der Waals surface area contributed by atoms with Crippen LogP contribution in [0.3, 0.4) is 0 Å². The molecule has 4 heteroatoms. The number of imidazole rings is 1. The van der Waals surface area contributed by atoms with Gasteiger partial charge in [-0.2, -0.15) is 5.26 Å². The van der Waals surface area contributed by atoms with Crippen LogP contribution in [0, 0.1) is 25.2 Å². The first kappa shape index (κ1) is 12.2. The van der Waals surface area contributed by atoms with E-state index in [9.17, 15) is 0 Å². The van der Waals surface area contributed by atoms with Crippen molar-refractivity contribution in [3.05, 3.63) is 53.3 Å². The summed E-state index contributed by atoms with van der Waals surface area (Å²) in [5.74, 6) is 0.879. The van der Waals surface area contributed by atoms with Crippen molar-refractivity contribution in [2.24, 2.45) is 0 Å². The van der Waals surface area contributed by atoms with Gasteiger partial charge in [0.15, 0.2) is 0 Å². The summed E-state index contributed by atoms with van der Waals surface area (Å²) in [4.78, 5) is 4.55. The molecule has 0 fully saturated rings. The predicted octanol–water partition coefficient (Wildman–Crippen LogP) is 3.10. The van der Waals surface area contributed by atoms with Crippen molar-refractivity contribution < 1.29 is 0 Å². The zero-order valence-electron chi connectivity index (χ0n) is 11.4. The Morgan fingerprint density at radius 3 is 2.70 bits per heavy atom. The fourth-order valence-corrected chi connectivity index (χ4v) is 2.44. The summed E-state index contributed by atoms with van der Waals surface area (Å²) in [6.07, 6.45) is 0. The molecule has 0 amide bonds. The molecule has 0 aliphatic carbocycles. The molecule has 2 N–H and O–H groups in total. The fraction of sp³-hybridized carbons (Fsp3) is 0.125. The third-order valence-electron chi connectivity index (χ3n) is 3.43. The van der Waals surface area contributed by atoms with Crippen LogP contribution in [0.4, 0.5) is 5.69 Å². The lowest BCUT2D eigenvalue weighted by molar-refractivity contribution is 0.989. The molecule has 0 spiro atoms. The summed E-state index contributed by atoms with van der Waals surface area (Å²) in [6, 6.07) is 13.5. The Bertz CT molecular complexity index is 853. The van der Waals surface area contributed by atoms with Gasteiger partial charge in [-0.3, -0.25) is 4.57 Å². The van der Waals surface area contributed by atoms with Crippen LogP contribution in [0.2, 0.25) is 0 Å². The minimum absolute atomic E-state index is 0.641. The normalized spacial score (nSPS) is 10.7. The van der Waals surface area contributed by atoms with E-state index in [1.807, 2.05) is 50.2 Å². The van der Waals surface area contributed by atoms with Crippen molar-refractivity contribution in [1.82, 2.24) is 9.55 Å². The highest BCUT2D eigenvalue weighted by molar-refractivity contribution is 5.81. The lowest BCUT2D eigenvalue weighted by Gasteiger charge is -2.10. The number of fused-ring (bicyclic) bond motifs is 1. The number of nitrogen functional groups attached to an aromatic ring is 1. The summed E-state index contributed by atoms with van der Waals surface area (Å²) < 4.78 is 2.06. The van der Waals surface area contributed by atoms with Gasteiger partial charge in [-0.25, -0.2) is 4.98 Å². The Morgan fingerprint density at radius 2 is 1.95 bits per heavy atom. The first-order valence-electron chi connectivity index (χ1n) is 6.36. The molecule has 0 saturated carbocycles. The van der Waals surface area contributed by atoms with Crippen LogP contribution >= 0.6 is 0 Å². The van der Waals surface area contributed by atoms with Crippen LogP contribution in [0.15, 0.2) is 36.4 Å². The van der Waals surface area contributed by atoms with Crippen LogP contribution in [0.5, 0.6) is 0 Å². The monoisotopic (exact) mass is 262 g/mol. The topological polar surface area (TPSA) is 67.6 Å². The second-order valence-corrected chi connectivity index (χ2v) is 4.86. The lowest BCUT2D eigenvalue weighted by Crippen LogP contribution is -2.00. The Balaban J connectivity index is 2.35. The first-order chi connectivity index (χ1) is 9.60. The highest BCUT2D eigenvalue weighted by Crippen LogP contribution is 2.25. The van der Waals surface area contributed by atoms with Crippen molar-refractivity contribution in [2.75, 3.05) is 5.73 Å². The van der Waals surface area contributed by atoms with Crippen molar-refractivity contribution >= 4 is 16.7 Å². The van der Waals surface area contributed by atoms with Crippen LogP contribution < -0.4 is 5.73 Å². The average Bonchev–Trinajstić information content (AvgIpc) is 2.74. The predicted molar refractivity (Wildman–Crippen MR) is 79.7 cm³/mol. The molecule has 0 saturated heterocycles. The van der Waals surface area contributed by atoms with Gasteiger partial charge in [0.25, 0.3) is 0 Å². The zero-order chi connectivity index (χ0) is 14.3. The molecule has 3 aromatic rings. The van der Waals surface area contributed by atoms with Gasteiger partial charge in [0.2, 0.25) is 0 Å². The molecule has 0 radical (unpaired) electrons. The van der Waals surface area contributed by atoms with Crippen molar-refractivity contribution in [1.29, 1.82) is 5.26 Å². The van der Waals surface area contributed by atoms with E-state index in [1.165, 1.54) is 0 Å². The van der Waals surface area contributed by atoms with E-state index < -0.39 is 0 Å². The fourth-order valence-electron chi connectivity index (χ4n) is 2.44.